The quantitative estimate of drug-likeness (QED) is 0.129. The lowest BCUT2D eigenvalue weighted by Gasteiger charge is -2.11. The van der Waals surface area contributed by atoms with Crippen LogP contribution in [0.3, 0.4) is 0 Å². The number of rotatable bonds is 8. The van der Waals surface area contributed by atoms with Crippen molar-refractivity contribution < 1.29 is 23.5 Å². The molecule has 1 amide bonds. The maximum atomic E-state index is 14.0. The summed E-state index contributed by atoms with van der Waals surface area (Å²) in [6.45, 7) is 7.16. The minimum atomic E-state index is -0.523. The Bertz CT molecular complexity index is 1660. The molecule has 0 radical (unpaired) electrons. The number of nitrogens with two attached hydrogens (primary N) is 1. The van der Waals surface area contributed by atoms with E-state index in [1.54, 1.807) is 43.3 Å². The normalized spacial score (nSPS) is 11.9. The van der Waals surface area contributed by atoms with E-state index >= 15 is 0 Å². The Kier molecular flexibility index (Phi) is 7.61. The number of benzene rings is 2. The number of aromatic nitrogens is 3. The Balaban J connectivity index is 1.59. The standard InChI is InChI=1S/C28H27FN6O4/c1-15(10-26(31-4)39-24-9-7-6-8-20(24)29)16(2)35-28(30)19(14-32-35)27(37)23-11-18-12-25(38-5)22(33-17(3)36)13-21(18)34-23/h6-14,34H,2,30H2,1,3-5H3,(H,33,36)/b15-10-,31-26?. The molecule has 0 aliphatic heterocycles. The average Bonchev–Trinajstić information content (AvgIpc) is 3.50. The van der Waals surface area contributed by atoms with Gasteiger partial charge in [0, 0.05) is 31.0 Å². The number of nitrogens with zero attached hydrogens (tertiary/aromatic N) is 3. The molecule has 200 valence electrons. The lowest BCUT2D eigenvalue weighted by Crippen LogP contribution is -2.11. The van der Waals surface area contributed by atoms with Gasteiger partial charge in [-0.15, -0.1) is 0 Å². The fraction of sp³-hybridized carbons (Fsp3) is 0.143. The van der Waals surface area contributed by atoms with Crippen LogP contribution in [0.5, 0.6) is 11.5 Å². The number of fused-ring (bicyclic) bond motifs is 1. The molecule has 0 saturated heterocycles. The van der Waals surface area contributed by atoms with Crippen molar-refractivity contribution >= 4 is 45.7 Å². The highest BCUT2D eigenvalue weighted by atomic mass is 19.1. The molecule has 10 nitrogen and oxygen atoms in total. The van der Waals surface area contributed by atoms with Crippen LogP contribution >= 0.6 is 0 Å². The summed E-state index contributed by atoms with van der Waals surface area (Å²) in [4.78, 5) is 32.0. The molecule has 0 spiro atoms. The second-order valence-electron chi connectivity index (χ2n) is 8.56. The van der Waals surface area contributed by atoms with Crippen molar-refractivity contribution in [2.75, 3.05) is 25.2 Å². The first-order valence-corrected chi connectivity index (χ1v) is 11.8. The van der Waals surface area contributed by atoms with Gasteiger partial charge in [0.1, 0.15) is 11.6 Å². The number of nitrogens with one attached hydrogen (secondary N) is 2. The van der Waals surface area contributed by atoms with Gasteiger partial charge in [-0.3, -0.25) is 14.6 Å². The average molecular weight is 531 g/mol. The number of amides is 1. The van der Waals surface area contributed by atoms with E-state index in [0.717, 1.165) is 0 Å². The second-order valence-corrected chi connectivity index (χ2v) is 8.56. The number of methoxy groups -OCH3 is 1. The number of nitrogen functional groups attached to an aromatic ring is 1. The molecule has 4 rings (SSSR count). The summed E-state index contributed by atoms with van der Waals surface area (Å²) in [7, 11) is 3.00. The smallest absolute Gasteiger partial charge is 0.221 e. The molecular formula is C28H27FN6O4. The van der Waals surface area contributed by atoms with E-state index < -0.39 is 5.82 Å². The minimum absolute atomic E-state index is 0.0272. The van der Waals surface area contributed by atoms with Crippen molar-refractivity contribution in [3.05, 3.63) is 84.0 Å². The number of carbonyl (C=O) groups excluding carboxylic acids is 2. The third kappa shape index (κ3) is 5.57. The monoisotopic (exact) mass is 530 g/mol. The number of hydrogen-bond donors (Lipinski definition) is 3. The predicted octanol–water partition coefficient (Wildman–Crippen LogP) is 4.81. The van der Waals surface area contributed by atoms with Gasteiger partial charge in [-0.2, -0.15) is 5.10 Å². The molecule has 39 heavy (non-hydrogen) atoms. The van der Waals surface area contributed by atoms with Crippen LogP contribution in [-0.4, -0.2) is 46.5 Å². The molecule has 2 aromatic carbocycles. The third-order valence-electron chi connectivity index (χ3n) is 5.87. The Labute approximate surface area is 223 Å². The van der Waals surface area contributed by atoms with Gasteiger partial charge < -0.3 is 25.5 Å². The summed E-state index contributed by atoms with van der Waals surface area (Å²) in [6, 6.07) is 11.0. The molecule has 11 heteroatoms. The molecule has 0 saturated carbocycles. The minimum Gasteiger partial charge on any atom is -0.495 e. The first-order valence-electron chi connectivity index (χ1n) is 11.8. The molecule has 4 aromatic rings. The Hall–Kier alpha value is -5.19. The number of anilines is 2. The number of ketones is 1. The van der Waals surface area contributed by atoms with Gasteiger partial charge in [0.25, 0.3) is 0 Å². The van der Waals surface area contributed by atoms with Crippen LogP contribution in [0.15, 0.2) is 71.9 Å². The molecule has 2 aromatic heterocycles. The first kappa shape index (κ1) is 26.9. The number of aromatic amines is 1. The van der Waals surface area contributed by atoms with Gasteiger partial charge >= 0.3 is 0 Å². The molecule has 0 bridgehead atoms. The number of ether oxygens (including phenoxy) is 2. The van der Waals surface area contributed by atoms with E-state index in [1.165, 1.54) is 44.1 Å². The summed E-state index contributed by atoms with van der Waals surface area (Å²) in [6.07, 6.45) is 2.92. The number of H-pyrrole nitrogens is 1. The molecule has 0 atom stereocenters. The Morgan fingerprint density at radius 1 is 1.21 bits per heavy atom. The summed E-state index contributed by atoms with van der Waals surface area (Å²) in [5, 5.41) is 7.66. The Morgan fingerprint density at radius 2 is 1.95 bits per heavy atom. The maximum absolute atomic E-state index is 14.0. The second kappa shape index (κ2) is 11.1. The number of allylic oxidation sites excluding steroid dienone is 2. The van der Waals surface area contributed by atoms with Crippen molar-refractivity contribution in [3.63, 3.8) is 0 Å². The molecular weight excluding hydrogens is 503 g/mol. The van der Waals surface area contributed by atoms with E-state index in [-0.39, 0.29) is 40.4 Å². The van der Waals surface area contributed by atoms with E-state index in [4.69, 9.17) is 15.2 Å². The van der Waals surface area contributed by atoms with Gasteiger partial charge in [-0.1, -0.05) is 18.7 Å². The largest absolute Gasteiger partial charge is 0.495 e. The Morgan fingerprint density at radius 3 is 2.62 bits per heavy atom. The molecule has 0 aliphatic rings. The summed E-state index contributed by atoms with van der Waals surface area (Å²) < 4.78 is 26.2. The number of aliphatic imine (C=N–C) groups is 1. The van der Waals surface area contributed by atoms with Crippen molar-refractivity contribution in [1.29, 1.82) is 0 Å². The number of carbonyl (C=O) groups is 2. The zero-order valence-electron chi connectivity index (χ0n) is 21.8. The zero-order valence-corrected chi connectivity index (χ0v) is 21.8. The third-order valence-corrected chi connectivity index (χ3v) is 5.87. The van der Waals surface area contributed by atoms with Gasteiger partial charge in [0.05, 0.1) is 35.9 Å². The van der Waals surface area contributed by atoms with E-state index in [0.29, 0.717) is 33.6 Å². The van der Waals surface area contributed by atoms with Crippen LogP contribution in [-0.2, 0) is 4.79 Å². The van der Waals surface area contributed by atoms with Gasteiger partial charge in [-0.05, 0) is 42.8 Å². The van der Waals surface area contributed by atoms with E-state index in [1.807, 2.05) is 0 Å². The highest BCUT2D eigenvalue weighted by molar-refractivity contribution is 6.13. The molecule has 0 fully saturated rings. The fourth-order valence-electron chi connectivity index (χ4n) is 3.85. The van der Waals surface area contributed by atoms with Crippen LogP contribution in [0.25, 0.3) is 16.6 Å². The number of hydrogen-bond acceptors (Lipinski definition) is 7. The SMILES string of the molecule is C=C(/C(C)=C\C(=NC)Oc1ccccc1F)n1ncc(C(=O)c2cc3cc(OC)c(NC(C)=O)cc3[nH]2)c1N. The van der Waals surface area contributed by atoms with Crippen LogP contribution in [0.1, 0.15) is 29.9 Å². The lowest BCUT2D eigenvalue weighted by atomic mass is 10.1. The van der Waals surface area contributed by atoms with Crippen LogP contribution in [0.4, 0.5) is 15.9 Å². The zero-order chi connectivity index (χ0) is 28.3. The molecule has 4 N–H and O–H groups in total. The van der Waals surface area contributed by atoms with Crippen LogP contribution < -0.4 is 20.5 Å². The van der Waals surface area contributed by atoms with Crippen LogP contribution in [0, 0.1) is 5.82 Å². The van der Waals surface area contributed by atoms with Crippen LogP contribution in [0.2, 0.25) is 0 Å². The lowest BCUT2D eigenvalue weighted by molar-refractivity contribution is -0.114. The summed E-state index contributed by atoms with van der Waals surface area (Å²) in [5.74, 6) is -0.454. The first-order chi connectivity index (χ1) is 18.6. The molecule has 0 unspecified atom stereocenters. The predicted molar refractivity (Wildman–Crippen MR) is 149 cm³/mol. The summed E-state index contributed by atoms with van der Waals surface area (Å²) in [5.41, 5.74) is 8.78. The van der Waals surface area contributed by atoms with Gasteiger partial charge in [-0.25, -0.2) is 9.07 Å². The van der Waals surface area contributed by atoms with Crippen molar-refractivity contribution in [2.45, 2.75) is 13.8 Å². The van der Waals surface area contributed by atoms with Gasteiger partial charge in [0.15, 0.2) is 11.6 Å². The highest BCUT2D eigenvalue weighted by Gasteiger charge is 2.21. The highest BCUT2D eigenvalue weighted by Crippen LogP contribution is 2.32. The van der Waals surface area contributed by atoms with E-state index in [2.05, 4.69) is 27.0 Å². The maximum Gasteiger partial charge on any atom is 0.221 e. The van der Waals surface area contributed by atoms with Gasteiger partial charge in [0.2, 0.25) is 17.6 Å². The molecule has 0 aliphatic carbocycles. The summed E-state index contributed by atoms with van der Waals surface area (Å²) >= 11 is 0. The van der Waals surface area contributed by atoms with Crippen molar-refractivity contribution in [2.24, 2.45) is 4.99 Å². The molecule has 2 heterocycles. The van der Waals surface area contributed by atoms with E-state index in [9.17, 15) is 14.0 Å². The van der Waals surface area contributed by atoms with Crippen molar-refractivity contribution in [3.8, 4) is 11.5 Å². The number of para-hydroxylation sites is 1. The fourth-order valence-corrected chi connectivity index (χ4v) is 3.85. The topological polar surface area (TPSA) is 137 Å². The van der Waals surface area contributed by atoms with Crippen molar-refractivity contribution in [1.82, 2.24) is 14.8 Å². The number of halogens is 1.